The number of thiazole rings is 1. The van der Waals surface area contributed by atoms with Gasteiger partial charge >= 0.3 is 0 Å². The minimum Gasteiger partial charge on any atom is -0.329 e. The normalized spacial score (nSPS) is 18.3. The zero-order valence-electron chi connectivity index (χ0n) is 11.9. The van der Waals surface area contributed by atoms with Crippen LogP contribution < -0.4 is 5.73 Å². The van der Waals surface area contributed by atoms with Crippen molar-refractivity contribution in [3.8, 4) is 0 Å². The van der Waals surface area contributed by atoms with Gasteiger partial charge in [-0.15, -0.1) is 11.3 Å². The second-order valence-corrected chi connectivity index (χ2v) is 7.37. The molecule has 0 saturated heterocycles. The van der Waals surface area contributed by atoms with E-state index in [-0.39, 0.29) is 5.41 Å². The van der Waals surface area contributed by atoms with Crippen molar-refractivity contribution in [2.75, 3.05) is 13.6 Å². The van der Waals surface area contributed by atoms with E-state index < -0.39 is 0 Å². The Morgan fingerprint density at radius 2 is 2.17 bits per heavy atom. The maximum atomic E-state index is 5.88. The van der Waals surface area contributed by atoms with Crippen LogP contribution in [0.1, 0.15) is 44.3 Å². The molecule has 0 radical (unpaired) electrons. The number of hydrogen-bond donors (Lipinski definition) is 1. The molecule has 1 unspecified atom stereocenters. The lowest BCUT2D eigenvalue weighted by Crippen LogP contribution is -2.39. The molecule has 1 aliphatic carbocycles. The highest BCUT2D eigenvalue weighted by molar-refractivity contribution is 7.09. The monoisotopic (exact) mass is 267 g/mol. The second-order valence-electron chi connectivity index (χ2n) is 6.43. The fourth-order valence-corrected chi connectivity index (χ4v) is 3.36. The third kappa shape index (κ3) is 3.31. The molecule has 1 aromatic heterocycles. The molecule has 0 bridgehead atoms. The Bertz CT molecular complexity index is 390. The van der Waals surface area contributed by atoms with E-state index in [1.807, 2.05) is 0 Å². The summed E-state index contributed by atoms with van der Waals surface area (Å²) in [4.78, 5) is 7.13. The summed E-state index contributed by atoms with van der Waals surface area (Å²) in [7, 11) is 2.17. The molecule has 0 amide bonds. The Labute approximate surface area is 114 Å². The summed E-state index contributed by atoms with van der Waals surface area (Å²) < 4.78 is 0. The van der Waals surface area contributed by atoms with Gasteiger partial charge < -0.3 is 5.73 Å². The van der Waals surface area contributed by atoms with Crippen molar-refractivity contribution in [1.29, 1.82) is 0 Å². The third-order valence-corrected chi connectivity index (χ3v) is 4.51. The maximum absolute atomic E-state index is 5.88. The van der Waals surface area contributed by atoms with Gasteiger partial charge in [0.05, 0.1) is 12.2 Å². The van der Waals surface area contributed by atoms with Gasteiger partial charge in [-0.05, 0) is 25.8 Å². The van der Waals surface area contributed by atoms with Crippen LogP contribution in [0.4, 0.5) is 0 Å². The minimum absolute atomic E-state index is 0.150. The van der Waals surface area contributed by atoms with E-state index >= 15 is 0 Å². The van der Waals surface area contributed by atoms with Crippen molar-refractivity contribution >= 4 is 11.3 Å². The number of likely N-dealkylation sites (N-methyl/N-ethyl adjacent to an activating group) is 1. The Hall–Kier alpha value is -0.450. The number of nitrogens with two attached hydrogens (primary N) is 1. The quantitative estimate of drug-likeness (QED) is 0.891. The highest BCUT2D eigenvalue weighted by Gasteiger charge is 2.33. The molecule has 1 atom stereocenters. The highest BCUT2D eigenvalue weighted by Crippen LogP contribution is 2.35. The molecule has 1 aliphatic rings. The Morgan fingerprint density at radius 3 is 2.61 bits per heavy atom. The molecular weight excluding hydrogens is 242 g/mol. The predicted octanol–water partition coefficient (Wildman–Crippen LogP) is 2.61. The molecule has 2 N–H and O–H groups in total. The summed E-state index contributed by atoms with van der Waals surface area (Å²) in [5.41, 5.74) is 7.23. The average Bonchev–Trinajstić information content (AvgIpc) is 2.97. The van der Waals surface area contributed by atoms with Crippen molar-refractivity contribution in [2.45, 2.75) is 51.6 Å². The first kappa shape index (κ1) is 14.0. The maximum Gasteiger partial charge on any atom is 0.107 e. The standard InChI is InChI=1S/C14H25N3S/c1-14(2,3)12-9-18-13(16-12)8-17(4)11(7-15)10-5-6-10/h9-11H,5-8,15H2,1-4H3. The van der Waals surface area contributed by atoms with Gasteiger partial charge in [-0.3, -0.25) is 4.90 Å². The van der Waals surface area contributed by atoms with Crippen LogP contribution in [0.3, 0.4) is 0 Å². The lowest BCUT2D eigenvalue weighted by Gasteiger charge is -2.26. The zero-order chi connectivity index (χ0) is 13.3. The van der Waals surface area contributed by atoms with Crippen molar-refractivity contribution in [3.63, 3.8) is 0 Å². The molecule has 1 heterocycles. The van der Waals surface area contributed by atoms with Crippen LogP contribution in [0.15, 0.2) is 5.38 Å². The van der Waals surface area contributed by atoms with Crippen LogP contribution in [-0.2, 0) is 12.0 Å². The number of hydrogen-bond acceptors (Lipinski definition) is 4. The highest BCUT2D eigenvalue weighted by atomic mass is 32.1. The van der Waals surface area contributed by atoms with Crippen molar-refractivity contribution in [3.05, 3.63) is 16.1 Å². The summed E-state index contributed by atoms with van der Waals surface area (Å²) >= 11 is 1.77. The predicted molar refractivity (Wildman–Crippen MR) is 77.8 cm³/mol. The summed E-state index contributed by atoms with van der Waals surface area (Å²) in [6.07, 6.45) is 2.69. The van der Waals surface area contributed by atoms with E-state index in [2.05, 4.69) is 38.1 Å². The molecule has 2 rings (SSSR count). The van der Waals surface area contributed by atoms with Crippen molar-refractivity contribution < 1.29 is 0 Å². The van der Waals surface area contributed by atoms with Gasteiger partial charge in [0.25, 0.3) is 0 Å². The first-order valence-corrected chi connectivity index (χ1v) is 7.65. The van der Waals surface area contributed by atoms with Crippen LogP contribution in [0.2, 0.25) is 0 Å². The van der Waals surface area contributed by atoms with Crippen LogP contribution in [-0.4, -0.2) is 29.5 Å². The number of aromatic nitrogens is 1. The minimum atomic E-state index is 0.150. The third-order valence-electron chi connectivity index (χ3n) is 3.68. The molecule has 102 valence electrons. The molecule has 1 aromatic rings. The van der Waals surface area contributed by atoms with E-state index in [9.17, 15) is 0 Å². The molecule has 3 nitrogen and oxygen atoms in total. The van der Waals surface area contributed by atoms with E-state index in [1.165, 1.54) is 23.5 Å². The van der Waals surface area contributed by atoms with Gasteiger partial charge in [0, 0.05) is 23.4 Å². The Kier molecular flexibility index (Phi) is 4.09. The molecular formula is C14H25N3S. The van der Waals surface area contributed by atoms with Gasteiger partial charge in [0.15, 0.2) is 0 Å². The van der Waals surface area contributed by atoms with Gasteiger partial charge in [0.1, 0.15) is 5.01 Å². The van der Waals surface area contributed by atoms with Crippen LogP contribution >= 0.6 is 11.3 Å². The summed E-state index contributed by atoms with van der Waals surface area (Å²) in [5, 5.41) is 3.40. The number of nitrogens with zero attached hydrogens (tertiary/aromatic N) is 2. The molecule has 18 heavy (non-hydrogen) atoms. The van der Waals surface area contributed by atoms with E-state index in [4.69, 9.17) is 10.7 Å². The largest absolute Gasteiger partial charge is 0.329 e. The van der Waals surface area contributed by atoms with E-state index in [0.29, 0.717) is 6.04 Å². The van der Waals surface area contributed by atoms with Crippen molar-refractivity contribution in [1.82, 2.24) is 9.88 Å². The summed E-state index contributed by atoms with van der Waals surface area (Å²) in [6.45, 7) is 8.32. The van der Waals surface area contributed by atoms with E-state index in [0.717, 1.165) is 19.0 Å². The summed E-state index contributed by atoms with van der Waals surface area (Å²) in [5.74, 6) is 0.821. The Morgan fingerprint density at radius 1 is 1.50 bits per heavy atom. The molecule has 0 aliphatic heterocycles. The fraction of sp³-hybridized carbons (Fsp3) is 0.786. The van der Waals surface area contributed by atoms with E-state index in [1.54, 1.807) is 11.3 Å². The first-order chi connectivity index (χ1) is 8.41. The van der Waals surface area contributed by atoms with Gasteiger partial charge in [-0.1, -0.05) is 20.8 Å². The van der Waals surface area contributed by atoms with Gasteiger partial charge in [-0.2, -0.15) is 0 Å². The zero-order valence-corrected chi connectivity index (χ0v) is 12.8. The van der Waals surface area contributed by atoms with Gasteiger partial charge in [-0.25, -0.2) is 4.98 Å². The SMILES string of the molecule is CN(Cc1nc(C(C)(C)C)cs1)C(CN)C1CC1. The van der Waals surface area contributed by atoms with Crippen molar-refractivity contribution in [2.24, 2.45) is 11.7 Å². The lowest BCUT2D eigenvalue weighted by atomic mass is 9.93. The summed E-state index contributed by atoms with van der Waals surface area (Å²) in [6, 6.07) is 0.534. The van der Waals surface area contributed by atoms with Crippen LogP contribution in [0.5, 0.6) is 0 Å². The molecule has 1 saturated carbocycles. The molecule has 0 spiro atoms. The average molecular weight is 267 g/mol. The smallest absolute Gasteiger partial charge is 0.107 e. The van der Waals surface area contributed by atoms with Crippen LogP contribution in [0, 0.1) is 5.92 Å². The first-order valence-electron chi connectivity index (χ1n) is 6.77. The topological polar surface area (TPSA) is 42.2 Å². The molecule has 0 aromatic carbocycles. The Balaban J connectivity index is 1.98. The molecule has 1 fully saturated rings. The number of rotatable bonds is 5. The molecule has 4 heteroatoms. The fourth-order valence-electron chi connectivity index (χ4n) is 2.27. The lowest BCUT2D eigenvalue weighted by molar-refractivity contribution is 0.215. The van der Waals surface area contributed by atoms with Gasteiger partial charge in [0.2, 0.25) is 0 Å². The van der Waals surface area contributed by atoms with Crippen LogP contribution in [0.25, 0.3) is 0 Å². The second kappa shape index (κ2) is 5.27.